The first-order valence-corrected chi connectivity index (χ1v) is 7.63. The molecule has 5 heteroatoms. The maximum atomic E-state index is 14.0. The summed E-state index contributed by atoms with van der Waals surface area (Å²) in [6.45, 7) is 4.07. The largest absolute Gasteiger partial charge is 0.497 e. The van der Waals surface area contributed by atoms with Gasteiger partial charge in [-0.2, -0.15) is 0 Å². The average Bonchev–Trinajstić information content (AvgIpc) is 2.59. The van der Waals surface area contributed by atoms with Gasteiger partial charge in [-0.1, -0.05) is 32.0 Å². The number of nitrogens with one attached hydrogen (secondary N) is 1. The predicted molar refractivity (Wildman–Crippen MR) is 91.3 cm³/mol. The summed E-state index contributed by atoms with van der Waals surface area (Å²) in [5, 5.41) is 2.85. The quantitative estimate of drug-likeness (QED) is 0.880. The Bertz CT molecular complexity index is 706. The highest BCUT2D eigenvalue weighted by molar-refractivity contribution is 5.95. The molecule has 0 saturated carbocycles. The first kappa shape index (κ1) is 17.8. The zero-order chi connectivity index (χ0) is 17.7. The number of ether oxygens (including phenoxy) is 2. The van der Waals surface area contributed by atoms with Gasteiger partial charge in [-0.15, -0.1) is 0 Å². The van der Waals surface area contributed by atoms with E-state index in [2.05, 4.69) is 5.32 Å². The lowest BCUT2D eigenvalue weighted by Crippen LogP contribution is -2.37. The van der Waals surface area contributed by atoms with Gasteiger partial charge in [0.05, 0.1) is 14.2 Å². The fourth-order valence-electron chi connectivity index (χ4n) is 2.45. The van der Waals surface area contributed by atoms with Crippen LogP contribution in [0.2, 0.25) is 0 Å². The molecule has 0 fully saturated rings. The van der Waals surface area contributed by atoms with Gasteiger partial charge in [0, 0.05) is 23.6 Å². The second-order valence-corrected chi connectivity index (χ2v) is 6.15. The number of carbonyl (C=O) groups excluding carboxylic acids is 1. The van der Waals surface area contributed by atoms with Gasteiger partial charge in [0.15, 0.2) is 0 Å². The lowest BCUT2D eigenvalue weighted by Gasteiger charge is -2.26. The van der Waals surface area contributed by atoms with Gasteiger partial charge >= 0.3 is 0 Å². The summed E-state index contributed by atoms with van der Waals surface area (Å²) in [4.78, 5) is 12.4. The molecule has 0 heterocycles. The van der Waals surface area contributed by atoms with Crippen molar-refractivity contribution in [3.8, 4) is 11.5 Å². The van der Waals surface area contributed by atoms with Crippen LogP contribution in [0.5, 0.6) is 11.5 Å². The third kappa shape index (κ3) is 4.04. The van der Waals surface area contributed by atoms with Crippen molar-refractivity contribution in [2.75, 3.05) is 20.8 Å². The molecule has 0 bridgehead atoms. The van der Waals surface area contributed by atoms with Crippen molar-refractivity contribution in [3.63, 3.8) is 0 Å². The van der Waals surface area contributed by atoms with Gasteiger partial charge in [0.1, 0.15) is 17.3 Å². The van der Waals surface area contributed by atoms with Crippen LogP contribution in [0.4, 0.5) is 4.39 Å². The number of carbonyl (C=O) groups is 1. The molecule has 1 N–H and O–H groups in total. The van der Waals surface area contributed by atoms with Crippen LogP contribution in [0.1, 0.15) is 29.8 Å². The molecule has 0 aliphatic carbocycles. The Kier molecular flexibility index (Phi) is 5.44. The molecule has 2 aromatic carbocycles. The van der Waals surface area contributed by atoms with Crippen molar-refractivity contribution in [2.45, 2.75) is 19.3 Å². The van der Waals surface area contributed by atoms with Crippen molar-refractivity contribution < 1.29 is 18.7 Å². The van der Waals surface area contributed by atoms with E-state index in [0.717, 1.165) is 0 Å². The number of hydrogen-bond donors (Lipinski definition) is 1. The summed E-state index contributed by atoms with van der Waals surface area (Å²) in [6, 6.07) is 11.6. The Hall–Kier alpha value is -2.56. The number of hydrogen-bond acceptors (Lipinski definition) is 3. The standard InChI is InChI=1S/C19H22FNO3/c1-19(2,16-7-5-6-8-17(16)20)12-21-18(22)13-9-14(23-3)11-15(10-13)24-4/h5-11H,12H2,1-4H3,(H,21,22). The highest BCUT2D eigenvalue weighted by Gasteiger charge is 2.25. The van der Waals surface area contributed by atoms with Crippen LogP contribution >= 0.6 is 0 Å². The minimum atomic E-state index is -0.538. The van der Waals surface area contributed by atoms with E-state index in [-0.39, 0.29) is 11.7 Å². The molecule has 1 amide bonds. The Labute approximate surface area is 141 Å². The number of methoxy groups -OCH3 is 2. The Morgan fingerprint density at radius 2 is 1.67 bits per heavy atom. The van der Waals surface area contributed by atoms with Crippen molar-refractivity contribution in [1.29, 1.82) is 0 Å². The summed E-state index contributed by atoms with van der Waals surface area (Å²) >= 11 is 0. The van der Waals surface area contributed by atoms with Crippen LogP contribution in [-0.2, 0) is 5.41 Å². The number of halogens is 1. The molecule has 0 aromatic heterocycles. The number of benzene rings is 2. The van der Waals surface area contributed by atoms with Crippen LogP contribution in [0.3, 0.4) is 0 Å². The van der Waals surface area contributed by atoms with Crippen molar-refractivity contribution in [3.05, 3.63) is 59.4 Å². The maximum absolute atomic E-state index is 14.0. The molecule has 2 rings (SSSR count). The molecular formula is C19H22FNO3. The highest BCUT2D eigenvalue weighted by Crippen LogP contribution is 2.26. The molecule has 128 valence electrons. The molecule has 2 aromatic rings. The molecule has 0 saturated heterocycles. The predicted octanol–water partition coefficient (Wildman–Crippen LogP) is 3.55. The van der Waals surface area contributed by atoms with E-state index >= 15 is 0 Å². The molecule has 0 atom stereocenters. The Morgan fingerprint density at radius 3 is 2.21 bits per heavy atom. The van der Waals surface area contributed by atoms with E-state index in [0.29, 0.717) is 29.2 Å². The molecular weight excluding hydrogens is 309 g/mol. The van der Waals surface area contributed by atoms with Gasteiger partial charge in [-0.3, -0.25) is 4.79 Å². The molecule has 0 unspecified atom stereocenters. The minimum Gasteiger partial charge on any atom is -0.497 e. The van der Waals surface area contributed by atoms with Crippen molar-refractivity contribution in [1.82, 2.24) is 5.32 Å². The minimum absolute atomic E-state index is 0.267. The third-order valence-corrected chi connectivity index (χ3v) is 3.91. The van der Waals surface area contributed by atoms with Gasteiger partial charge in [0.25, 0.3) is 5.91 Å². The van der Waals surface area contributed by atoms with E-state index in [1.54, 1.807) is 36.4 Å². The van der Waals surface area contributed by atoms with E-state index in [1.165, 1.54) is 20.3 Å². The van der Waals surface area contributed by atoms with Crippen LogP contribution in [0.25, 0.3) is 0 Å². The monoisotopic (exact) mass is 331 g/mol. The van der Waals surface area contributed by atoms with Gasteiger partial charge in [-0.05, 0) is 23.8 Å². The van der Waals surface area contributed by atoms with Crippen LogP contribution < -0.4 is 14.8 Å². The molecule has 0 aliphatic rings. The van der Waals surface area contributed by atoms with Crippen molar-refractivity contribution in [2.24, 2.45) is 0 Å². The summed E-state index contributed by atoms with van der Waals surface area (Å²) < 4.78 is 24.3. The van der Waals surface area contributed by atoms with Crippen molar-refractivity contribution >= 4 is 5.91 Å². The number of rotatable bonds is 6. The zero-order valence-corrected chi connectivity index (χ0v) is 14.4. The second-order valence-electron chi connectivity index (χ2n) is 6.15. The lowest BCUT2D eigenvalue weighted by molar-refractivity contribution is 0.0944. The van der Waals surface area contributed by atoms with Crippen LogP contribution in [-0.4, -0.2) is 26.7 Å². The first-order chi connectivity index (χ1) is 11.4. The summed E-state index contributed by atoms with van der Waals surface area (Å²) in [6.07, 6.45) is 0. The Balaban J connectivity index is 2.14. The maximum Gasteiger partial charge on any atom is 0.251 e. The second kappa shape index (κ2) is 7.34. The van der Waals surface area contributed by atoms with E-state index < -0.39 is 5.41 Å². The van der Waals surface area contributed by atoms with E-state index in [9.17, 15) is 9.18 Å². The third-order valence-electron chi connectivity index (χ3n) is 3.91. The number of amides is 1. The summed E-state index contributed by atoms with van der Waals surface area (Å²) in [5.74, 6) is 0.525. The zero-order valence-electron chi connectivity index (χ0n) is 14.4. The fraction of sp³-hybridized carbons (Fsp3) is 0.316. The van der Waals surface area contributed by atoms with Gasteiger partial charge in [-0.25, -0.2) is 4.39 Å². The fourth-order valence-corrected chi connectivity index (χ4v) is 2.45. The van der Waals surface area contributed by atoms with Crippen LogP contribution in [0, 0.1) is 5.82 Å². The van der Waals surface area contributed by atoms with E-state index in [1.807, 2.05) is 13.8 Å². The molecule has 0 aliphatic heterocycles. The normalized spacial score (nSPS) is 11.0. The molecule has 0 radical (unpaired) electrons. The van der Waals surface area contributed by atoms with Gasteiger partial charge < -0.3 is 14.8 Å². The molecule has 4 nitrogen and oxygen atoms in total. The van der Waals surface area contributed by atoms with Crippen LogP contribution in [0.15, 0.2) is 42.5 Å². The molecule has 0 spiro atoms. The highest BCUT2D eigenvalue weighted by atomic mass is 19.1. The SMILES string of the molecule is COc1cc(OC)cc(C(=O)NCC(C)(C)c2ccccc2F)c1. The lowest BCUT2D eigenvalue weighted by atomic mass is 9.84. The first-order valence-electron chi connectivity index (χ1n) is 7.63. The summed E-state index contributed by atoms with van der Waals surface area (Å²) in [7, 11) is 3.05. The average molecular weight is 331 g/mol. The Morgan fingerprint density at radius 1 is 1.08 bits per heavy atom. The summed E-state index contributed by atoms with van der Waals surface area (Å²) in [5.41, 5.74) is 0.452. The molecule has 24 heavy (non-hydrogen) atoms. The van der Waals surface area contributed by atoms with E-state index in [4.69, 9.17) is 9.47 Å². The van der Waals surface area contributed by atoms with Gasteiger partial charge in [0.2, 0.25) is 0 Å². The smallest absolute Gasteiger partial charge is 0.251 e. The topological polar surface area (TPSA) is 47.6 Å².